The van der Waals surface area contributed by atoms with Gasteiger partial charge in [-0.2, -0.15) is 0 Å². The molecule has 0 unspecified atom stereocenters. The van der Waals surface area contributed by atoms with Gasteiger partial charge < -0.3 is 5.32 Å². The first-order valence-corrected chi connectivity index (χ1v) is 7.23. The van der Waals surface area contributed by atoms with Gasteiger partial charge in [-0.1, -0.05) is 40.5 Å². The van der Waals surface area contributed by atoms with Gasteiger partial charge in [0.1, 0.15) is 0 Å². The van der Waals surface area contributed by atoms with E-state index in [0.717, 1.165) is 12.0 Å². The van der Waals surface area contributed by atoms with Crippen LogP contribution >= 0.6 is 0 Å². The zero-order valence-corrected chi connectivity index (χ0v) is 11.8. The Balaban J connectivity index is 1.98. The van der Waals surface area contributed by atoms with Crippen molar-refractivity contribution in [3.63, 3.8) is 0 Å². The molecule has 1 saturated carbocycles. The van der Waals surface area contributed by atoms with Crippen LogP contribution in [0.15, 0.2) is 0 Å². The second kappa shape index (κ2) is 6.64. The molecule has 1 rings (SSSR count). The quantitative estimate of drug-likeness (QED) is 0.662. The molecular formula is C15H31N. The molecule has 0 aliphatic heterocycles. The fourth-order valence-corrected chi connectivity index (χ4v) is 2.59. The topological polar surface area (TPSA) is 12.0 Å². The third-order valence-electron chi connectivity index (χ3n) is 3.98. The van der Waals surface area contributed by atoms with Crippen LogP contribution in [0, 0.1) is 11.3 Å². The second-order valence-electron chi connectivity index (χ2n) is 6.78. The van der Waals surface area contributed by atoms with E-state index < -0.39 is 0 Å². The Labute approximate surface area is 102 Å². The Morgan fingerprint density at radius 1 is 1.12 bits per heavy atom. The van der Waals surface area contributed by atoms with Crippen molar-refractivity contribution < 1.29 is 0 Å². The SMILES string of the molecule is CC(C)CCCCNC1CCC(C)(C)CC1. The summed E-state index contributed by atoms with van der Waals surface area (Å²) >= 11 is 0. The predicted molar refractivity (Wildman–Crippen MR) is 72.7 cm³/mol. The van der Waals surface area contributed by atoms with Gasteiger partial charge in [0, 0.05) is 6.04 Å². The van der Waals surface area contributed by atoms with E-state index in [2.05, 4.69) is 33.0 Å². The van der Waals surface area contributed by atoms with Crippen LogP contribution in [0.2, 0.25) is 0 Å². The molecular weight excluding hydrogens is 194 g/mol. The van der Waals surface area contributed by atoms with Crippen molar-refractivity contribution in [1.82, 2.24) is 5.32 Å². The largest absolute Gasteiger partial charge is 0.314 e. The van der Waals surface area contributed by atoms with Gasteiger partial charge in [0.2, 0.25) is 0 Å². The minimum Gasteiger partial charge on any atom is -0.314 e. The first-order valence-electron chi connectivity index (χ1n) is 7.23. The van der Waals surface area contributed by atoms with E-state index in [-0.39, 0.29) is 0 Å². The lowest BCUT2D eigenvalue weighted by Gasteiger charge is -2.34. The van der Waals surface area contributed by atoms with Crippen LogP contribution in [0.25, 0.3) is 0 Å². The zero-order chi connectivity index (χ0) is 12.0. The maximum atomic E-state index is 3.73. The van der Waals surface area contributed by atoms with Gasteiger partial charge in [-0.25, -0.2) is 0 Å². The molecule has 0 heterocycles. The maximum absolute atomic E-state index is 3.73. The molecule has 1 fully saturated rings. The van der Waals surface area contributed by atoms with Gasteiger partial charge in [0.05, 0.1) is 0 Å². The van der Waals surface area contributed by atoms with Crippen LogP contribution in [0.4, 0.5) is 0 Å². The Morgan fingerprint density at radius 3 is 2.31 bits per heavy atom. The zero-order valence-electron chi connectivity index (χ0n) is 11.8. The predicted octanol–water partition coefficient (Wildman–Crippen LogP) is 4.37. The molecule has 0 saturated heterocycles. The molecule has 0 atom stereocenters. The highest BCUT2D eigenvalue weighted by Crippen LogP contribution is 2.34. The Morgan fingerprint density at radius 2 is 1.75 bits per heavy atom. The summed E-state index contributed by atoms with van der Waals surface area (Å²) < 4.78 is 0. The number of hydrogen-bond donors (Lipinski definition) is 1. The summed E-state index contributed by atoms with van der Waals surface area (Å²) in [4.78, 5) is 0. The molecule has 0 aromatic carbocycles. The Kier molecular flexibility index (Phi) is 5.82. The van der Waals surface area contributed by atoms with Crippen molar-refractivity contribution in [1.29, 1.82) is 0 Å². The van der Waals surface area contributed by atoms with Crippen LogP contribution in [0.3, 0.4) is 0 Å². The van der Waals surface area contributed by atoms with Crippen LogP contribution < -0.4 is 5.32 Å². The van der Waals surface area contributed by atoms with Crippen molar-refractivity contribution in [3.05, 3.63) is 0 Å². The molecule has 0 aromatic rings. The molecule has 1 aliphatic carbocycles. The highest BCUT2D eigenvalue weighted by molar-refractivity contribution is 4.81. The Bertz CT molecular complexity index is 174. The number of nitrogens with one attached hydrogen (secondary N) is 1. The van der Waals surface area contributed by atoms with E-state index in [1.165, 1.54) is 51.5 Å². The highest BCUT2D eigenvalue weighted by atomic mass is 14.9. The summed E-state index contributed by atoms with van der Waals surface area (Å²) in [5, 5.41) is 3.73. The average molecular weight is 225 g/mol. The summed E-state index contributed by atoms with van der Waals surface area (Å²) in [6, 6.07) is 0.812. The van der Waals surface area contributed by atoms with Crippen LogP contribution in [-0.2, 0) is 0 Å². The van der Waals surface area contributed by atoms with E-state index in [1.54, 1.807) is 0 Å². The summed E-state index contributed by atoms with van der Waals surface area (Å²) in [5.74, 6) is 0.871. The van der Waals surface area contributed by atoms with Gasteiger partial charge in [-0.15, -0.1) is 0 Å². The molecule has 0 radical (unpaired) electrons. The fraction of sp³-hybridized carbons (Fsp3) is 1.00. The van der Waals surface area contributed by atoms with Crippen molar-refractivity contribution in [2.75, 3.05) is 6.54 Å². The third-order valence-corrected chi connectivity index (χ3v) is 3.98. The van der Waals surface area contributed by atoms with Crippen molar-refractivity contribution >= 4 is 0 Å². The van der Waals surface area contributed by atoms with Crippen molar-refractivity contribution in [2.24, 2.45) is 11.3 Å². The minimum absolute atomic E-state index is 0.607. The summed E-state index contributed by atoms with van der Waals surface area (Å²) in [7, 11) is 0. The number of hydrogen-bond acceptors (Lipinski definition) is 1. The van der Waals surface area contributed by atoms with Gasteiger partial charge in [0.25, 0.3) is 0 Å². The van der Waals surface area contributed by atoms with E-state index in [4.69, 9.17) is 0 Å². The lowest BCUT2D eigenvalue weighted by molar-refractivity contribution is 0.206. The summed E-state index contributed by atoms with van der Waals surface area (Å²) in [5.41, 5.74) is 0.607. The number of rotatable bonds is 6. The highest BCUT2D eigenvalue weighted by Gasteiger charge is 2.26. The smallest absolute Gasteiger partial charge is 0.00674 e. The van der Waals surface area contributed by atoms with Crippen LogP contribution in [0.5, 0.6) is 0 Å². The first kappa shape index (κ1) is 14.0. The maximum Gasteiger partial charge on any atom is 0.00674 e. The Hall–Kier alpha value is -0.0400. The van der Waals surface area contributed by atoms with E-state index >= 15 is 0 Å². The second-order valence-corrected chi connectivity index (χ2v) is 6.78. The summed E-state index contributed by atoms with van der Waals surface area (Å²) in [6.45, 7) is 10.7. The van der Waals surface area contributed by atoms with E-state index in [9.17, 15) is 0 Å². The molecule has 1 N–H and O–H groups in total. The molecule has 1 aliphatic rings. The molecule has 0 bridgehead atoms. The lowest BCUT2D eigenvalue weighted by atomic mass is 9.75. The van der Waals surface area contributed by atoms with Crippen molar-refractivity contribution in [3.8, 4) is 0 Å². The third kappa shape index (κ3) is 5.89. The molecule has 1 nitrogen and oxygen atoms in total. The monoisotopic (exact) mass is 225 g/mol. The van der Waals surface area contributed by atoms with E-state index in [0.29, 0.717) is 5.41 Å². The van der Waals surface area contributed by atoms with Crippen LogP contribution in [0.1, 0.15) is 72.6 Å². The minimum atomic E-state index is 0.607. The standard InChI is InChI=1S/C15H31N/c1-13(2)7-5-6-12-16-14-8-10-15(3,4)11-9-14/h13-14,16H,5-12H2,1-4H3. The normalized spacial score (nSPS) is 21.6. The lowest BCUT2D eigenvalue weighted by Crippen LogP contribution is -2.36. The molecule has 0 spiro atoms. The van der Waals surface area contributed by atoms with Gasteiger partial charge >= 0.3 is 0 Å². The first-order chi connectivity index (χ1) is 7.49. The molecule has 0 aromatic heterocycles. The fourth-order valence-electron chi connectivity index (χ4n) is 2.59. The molecule has 16 heavy (non-hydrogen) atoms. The van der Waals surface area contributed by atoms with Crippen LogP contribution in [-0.4, -0.2) is 12.6 Å². The average Bonchev–Trinajstić information content (AvgIpc) is 2.19. The van der Waals surface area contributed by atoms with Crippen molar-refractivity contribution in [2.45, 2.75) is 78.7 Å². The van der Waals surface area contributed by atoms with Gasteiger partial charge in [-0.05, 0) is 50.0 Å². The molecule has 0 amide bonds. The molecule has 96 valence electrons. The van der Waals surface area contributed by atoms with Gasteiger partial charge in [-0.3, -0.25) is 0 Å². The number of unbranched alkanes of at least 4 members (excludes halogenated alkanes) is 1. The van der Waals surface area contributed by atoms with Gasteiger partial charge in [0.15, 0.2) is 0 Å². The summed E-state index contributed by atoms with van der Waals surface area (Å²) in [6.07, 6.45) is 9.71. The molecule has 1 heteroatoms. The van der Waals surface area contributed by atoms with E-state index in [1.807, 2.05) is 0 Å².